The summed E-state index contributed by atoms with van der Waals surface area (Å²) in [5.74, 6) is 1.66. The number of halogens is 1. The van der Waals surface area contributed by atoms with Gasteiger partial charge in [0.1, 0.15) is 6.17 Å². The van der Waals surface area contributed by atoms with E-state index in [1.807, 2.05) is 0 Å². The third-order valence-corrected chi connectivity index (χ3v) is 4.43. The van der Waals surface area contributed by atoms with Crippen LogP contribution in [0.15, 0.2) is 0 Å². The average molecular weight is 183 g/mol. The molecule has 5 atom stereocenters. The molecule has 74 valence electrons. The molecule has 4 rings (SSSR count). The Balaban J connectivity index is 1.95. The summed E-state index contributed by atoms with van der Waals surface area (Å²) in [7, 11) is 0. The van der Waals surface area contributed by atoms with Crippen molar-refractivity contribution >= 4 is 0 Å². The first kappa shape index (κ1) is 8.22. The van der Waals surface area contributed by atoms with Gasteiger partial charge in [0.15, 0.2) is 0 Å². The van der Waals surface area contributed by atoms with Crippen LogP contribution in [0.4, 0.5) is 4.39 Å². The zero-order valence-corrected chi connectivity index (χ0v) is 8.01. The van der Waals surface area contributed by atoms with Gasteiger partial charge in [0.25, 0.3) is 0 Å². The quantitative estimate of drug-likeness (QED) is 0.612. The topological polar surface area (TPSA) is 26.0 Å². The Bertz CT molecular complexity index is 230. The monoisotopic (exact) mass is 183 g/mol. The molecule has 4 aliphatic carbocycles. The van der Waals surface area contributed by atoms with Crippen LogP contribution in [0.25, 0.3) is 0 Å². The Morgan fingerprint density at radius 1 is 1.00 bits per heavy atom. The normalized spacial score (nSPS) is 59.5. The summed E-state index contributed by atoms with van der Waals surface area (Å²) < 4.78 is 13.7. The third-order valence-electron chi connectivity index (χ3n) is 4.43. The number of fused-ring (bicyclic) bond motifs is 1. The van der Waals surface area contributed by atoms with E-state index in [1.54, 1.807) is 0 Å². The van der Waals surface area contributed by atoms with Crippen molar-refractivity contribution in [2.45, 2.75) is 50.2 Å². The Kier molecular flexibility index (Phi) is 1.56. The molecule has 0 spiro atoms. The third kappa shape index (κ3) is 1.22. The van der Waals surface area contributed by atoms with Crippen molar-refractivity contribution in [3.63, 3.8) is 0 Å². The van der Waals surface area contributed by atoms with Crippen molar-refractivity contribution in [3.8, 4) is 0 Å². The number of alkyl halides is 1. The summed E-state index contributed by atoms with van der Waals surface area (Å²) in [6.07, 6.45) is 5.88. The van der Waals surface area contributed by atoms with E-state index in [0.29, 0.717) is 11.8 Å². The number of nitrogens with two attached hydrogens (primary N) is 1. The molecule has 0 aromatic carbocycles. The van der Waals surface area contributed by atoms with Crippen LogP contribution in [-0.2, 0) is 0 Å². The van der Waals surface area contributed by atoms with E-state index < -0.39 is 6.17 Å². The molecular formula is C11H18FN. The summed E-state index contributed by atoms with van der Waals surface area (Å²) in [6.45, 7) is 0. The summed E-state index contributed by atoms with van der Waals surface area (Å²) in [4.78, 5) is 0. The highest BCUT2D eigenvalue weighted by molar-refractivity contribution is 5.04. The van der Waals surface area contributed by atoms with Crippen LogP contribution in [0, 0.1) is 17.8 Å². The average Bonchev–Trinajstić information content (AvgIpc) is 2.12. The van der Waals surface area contributed by atoms with Gasteiger partial charge in [0.05, 0.1) is 0 Å². The molecule has 13 heavy (non-hydrogen) atoms. The summed E-state index contributed by atoms with van der Waals surface area (Å²) in [5.41, 5.74) is 6.34. The molecule has 2 heteroatoms. The highest BCUT2D eigenvalue weighted by Crippen LogP contribution is 2.52. The molecule has 4 fully saturated rings. The van der Waals surface area contributed by atoms with E-state index in [9.17, 15) is 4.39 Å². The first-order chi connectivity index (χ1) is 6.15. The molecule has 0 heterocycles. The van der Waals surface area contributed by atoms with Crippen molar-refractivity contribution in [3.05, 3.63) is 0 Å². The maximum absolute atomic E-state index is 13.7. The number of hydrogen-bond acceptors (Lipinski definition) is 1. The second kappa shape index (κ2) is 2.47. The maximum atomic E-state index is 13.7. The van der Waals surface area contributed by atoms with Crippen LogP contribution in [0.1, 0.15) is 38.5 Å². The van der Waals surface area contributed by atoms with Gasteiger partial charge in [-0.3, -0.25) is 0 Å². The van der Waals surface area contributed by atoms with Crippen molar-refractivity contribution < 1.29 is 4.39 Å². The van der Waals surface area contributed by atoms with Gasteiger partial charge < -0.3 is 5.73 Å². The molecule has 2 N–H and O–H groups in total. The van der Waals surface area contributed by atoms with E-state index in [-0.39, 0.29) is 5.54 Å². The first-order valence-electron chi connectivity index (χ1n) is 5.58. The van der Waals surface area contributed by atoms with Crippen molar-refractivity contribution in [2.24, 2.45) is 23.5 Å². The minimum absolute atomic E-state index is 0.0251. The Morgan fingerprint density at radius 3 is 2.38 bits per heavy atom. The van der Waals surface area contributed by atoms with Crippen LogP contribution in [0.2, 0.25) is 0 Å². The SMILES string of the molecule is NC12CC3CC(CC(C1)C(F)C3)C2. The Labute approximate surface area is 78.9 Å². The molecule has 4 aliphatic rings. The number of rotatable bonds is 0. The minimum atomic E-state index is -0.541. The van der Waals surface area contributed by atoms with Gasteiger partial charge >= 0.3 is 0 Å². The van der Waals surface area contributed by atoms with Gasteiger partial charge in [-0.25, -0.2) is 4.39 Å². The smallest absolute Gasteiger partial charge is 0.103 e. The van der Waals surface area contributed by atoms with Gasteiger partial charge in [-0.1, -0.05) is 0 Å². The van der Waals surface area contributed by atoms with Crippen LogP contribution >= 0.6 is 0 Å². The van der Waals surface area contributed by atoms with E-state index in [2.05, 4.69) is 0 Å². The van der Waals surface area contributed by atoms with Gasteiger partial charge in [-0.15, -0.1) is 0 Å². The van der Waals surface area contributed by atoms with Gasteiger partial charge in [0, 0.05) is 5.54 Å². The molecule has 0 aliphatic heterocycles. The lowest BCUT2D eigenvalue weighted by molar-refractivity contribution is 0.0902. The minimum Gasteiger partial charge on any atom is -0.325 e. The highest BCUT2D eigenvalue weighted by Gasteiger charge is 2.49. The molecule has 1 nitrogen and oxygen atoms in total. The van der Waals surface area contributed by atoms with Crippen molar-refractivity contribution in [1.82, 2.24) is 0 Å². The molecular weight excluding hydrogens is 165 g/mol. The number of hydrogen-bond donors (Lipinski definition) is 1. The predicted molar refractivity (Wildman–Crippen MR) is 50.0 cm³/mol. The Morgan fingerprint density at radius 2 is 1.69 bits per heavy atom. The maximum Gasteiger partial charge on any atom is 0.103 e. The fourth-order valence-corrected chi connectivity index (χ4v) is 4.22. The molecule has 4 saturated carbocycles. The van der Waals surface area contributed by atoms with Crippen LogP contribution in [0.5, 0.6) is 0 Å². The molecule has 0 aromatic heterocycles. The van der Waals surface area contributed by atoms with Gasteiger partial charge in [-0.05, 0) is 56.3 Å². The lowest BCUT2D eigenvalue weighted by atomic mass is 9.63. The van der Waals surface area contributed by atoms with Crippen molar-refractivity contribution in [2.75, 3.05) is 0 Å². The highest BCUT2D eigenvalue weighted by atomic mass is 19.1. The molecule has 0 saturated heterocycles. The molecule has 4 bridgehead atoms. The largest absolute Gasteiger partial charge is 0.325 e. The molecule has 5 unspecified atom stereocenters. The Hall–Kier alpha value is -0.110. The fraction of sp³-hybridized carbons (Fsp3) is 1.00. The molecule has 0 radical (unpaired) electrons. The second-order valence-electron chi connectivity index (χ2n) is 5.69. The lowest BCUT2D eigenvalue weighted by Crippen LogP contribution is -2.50. The predicted octanol–water partition coefficient (Wildman–Crippen LogP) is 2.25. The van der Waals surface area contributed by atoms with Crippen LogP contribution in [-0.4, -0.2) is 11.7 Å². The molecule has 0 aromatic rings. The summed E-state index contributed by atoms with van der Waals surface area (Å²) in [6, 6.07) is 0. The van der Waals surface area contributed by atoms with E-state index in [0.717, 1.165) is 31.6 Å². The van der Waals surface area contributed by atoms with Crippen molar-refractivity contribution in [1.29, 1.82) is 0 Å². The zero-order valence-electron chi connectivity index (χ0n) is 8.01. The standard InChI is InChI=1S/C11H18FN/c12-10-3-8-1-7-2-9(10)6-11(13,4-7)5-8/h7-10H,1-6,13H2. The van der Waals surface area contributed by atoms with E-state index >= 15 is 0 Å². The zero-order chi connectivity index (χ0) is 9.05. The molecule has 0 amide bonds. The van der Waals surface area contributed by atoms with Gasteiger partial charge in [-0.2, -0.15) is 0 Å². The summed E-state index contributed by atoms with van der Waals surface area (Å²) >= 11 is 0. The lowest BCUT2D eigenvalue weighted by Gasteiger charge is -2.45. The summed E-state index contributed by atoms with van der Waals surface area (Å²) in [5, 5.41) is 0. The first-order valence-corrected chi connectivity index (χ1v) is 5.58. The van der Waals surface area contributed by atoms with E-state index in [4.69, 9.17) is 5.73 Å². The van der Waals surface area contributed by atoms with Crippen LogP contribution < -0.4 is 5.73 Å². The van der Waals surface area contributed by atoms with Gasteiger partial charge in [0.2, 0.25) is 0 Å². The van der Waals surface area contributed by atoms with Crippen LogP contribution in [0.3, 0.4) is 0 Å². The fourth-order valence-electron chi connectivity index (χ4n) is 4.22. The second-order valence-corrected chi connectivity index (χ2v) is 5.69. The van der Waals surface area contributed by atoms with E-state index in [1.165, 1.54) is 12.8 Å².